The van der Waals surface area contributed by atoms with Gasteiger partial charge in [-0.05, 0) is 35.7 Å². The maximum absolute atomic E-state index is 5.32. The monoisotopic (exact) mass is 261 g/mol. The number of halogens is 1. The van der Waals surface area contributed by atoms with Gasteiger partial charge in [-0.25, -0.2) is 4.98 Å². The lowest BCUT2D eigenvalue weighted by Crippen LogP contribution is -2.13. The van der Waals surface area contributed by atoms with Crippen LogP contribution in [0.4, 0.5) is 0 Å². The first-order valence-corrected chi connectivity index (χ1v) is 6.09. The summed E-state index contributed by atoms with van der Waals surface area (Å²) in [6, 6.07) is 0. The van der Waals surface area contributed by atoms with Crippen LogP contribution in [-0.4, -0.2) is 18.2 Å². The van der Waals surface area contributed by atoms with E-state index in [1.165, 1.54) is 8.79 Å². The summed E-state index contributed by atoms with van der Waals surface area (Å²) >= 11 is 5.28. The average molecular weight is 262 g/mol. The van der Waals surface area contributed by atoms with Crippen LogP contribution in [0.25, 0.3) is 0 Å². The van der Waals surface area contributed by atoms with Crippen molar-refractivity contribution in [3.8, 4) is 0 Å². The second kappa shape index (κ2) is 4.07. The first kappa shape index (κ1) is 9.62. The van der Waals surface area contributed by atoms with E-state index in [1.54, 1.807) is 11.3 Å². The summed E-state index contributed by atoms with van der Waals surface area (Å²) in [4.78, 5) is 4.55. The molecule has 2 rings (SSSR count). The molecular weight excluding hydrogens is 250 g/mol. The molecule has 1 aliphatic heterocycles. The first-order chi connectivity index (χ1) is 6.27. The smallest absolute Gasteiger partial charge is 0.0972 e. The van der Waals surface area contributed by atoms with Crippen molar-refractivity contribution in [3.05, 3.63) is 14.5 Å². The van der Waals surface area contributed by atoms with E-state index in [4.69, 9.17) is 4.74 Å². The lowest BCUT2D eigenvalue weighted by atomic mass is 10.0. The molecule has 0 unspecified atom stereocenters. The van der Waals surface area contributed by atoms with Gasteiger partial charge in [0.1, 0.15) is 0 Å². The molecule has 72 valence electrons. The van der Waals surface area contributed by atoms with Crippen LogP contribution in [0.2, 0.25) is 0 Å². The van der Waals surface area contributed by atoms with E-state index < -0.39 is 0 Å². The van der Waals surface area contributed by atoms with Gasteiger partial charge in [0.15, 0.2) is 0 Å². The lowest BCUT2D eigenvalue weighted by molar-refractivity contribution is 0.0852. The van der Waals surface area contributed by atoms with Gasteiger partial charge in [0, 0.05) is 19.1 Å². The van der Waals surface area contributed by atoms with Gasteiger partial charge in [0.05, 0.1) is 14.5 Å². The second-order valence-electron chi connectivity index (χ2n) is 3.30. The minimum Gasteiger partial charge on any atom is -0.381 e. The third kappa shape index (κ3) is 2.11. The molecule has 1 aliphatic rings. The minimum absolute atomic E-state index is 0.628. The zero-order valence-electron chi connectivity index (χ0n) is 7.55. The Labute approximate surface area is 90.5 Å². The Bertz CT molecular complexity index is 274. The number of rotatable bonds is 1. The Morgan fingerprint density at radius 3 is 2.69 bits per heavy atom. The lowest BCUT2D eigenvalue weighted by Gasteiger charge is -2.19. The SMILES string of the molecule is Cc1nc(C2CCOCC2)sc1Br. The van der Waals surface area contributed by atoms with Crippen LogP contribution in [0.3, 0.4) is 0 Å². The summed E-state index contributed by atoms with van der Waals surface area (Å²) in [6.07, 6.45) is 2.25. The van der Waals surface area contributed by atoms with E-state index in [0.29, 0.717) is 5.92 Å². The topological polar surface area (TPSA) is 22.1 Å². The highest BCUT2D eigenvalue weighted by atomic mass is 79.9. The number of nitrogens with zero attached hydrogens (tertiary/aromatic N) is 1. The number of ether oxygens (including phenoxy) is 1. The molecule has 0 bridgehead atoms. The van der Waals surface area contributed by atoms with Gasteiger partial charge in [-0.15, -0.1) is 11.3 Å². The summed E-state index contributed by atoms with van der Waals surface area (Å²) in [5, 5.41) is 1.27. The summed E-state index contributed by atoms with van der Waals surface area (Å²) in [7, 11) is 0. The van der Waals surface area contributed by atoms with Crippen molar-refractivity contribution < 1.29 is 4.74 Å². The molecule has 0 aliphatic carbocycles. The average Bonchev–Trinajstić information content (AvgIpc) is 2.49. The molecule has 0 atom stereocenters. The van der Waals surface area contributed by atoms with Crippen LogP contribution in [-0.2, 0) is 4.74 Å². The van der Waals surface area contributed by atoms with Crippen LogP contribution in [0.15, 0.2) is 3.79 Å². The van der Waals surface area contributed by atoms with Gasteiger partial charge in [-0.1, -0.05) is 0 Å². The largest absolute Gasteiger partial charge is 0.381 e. The zero-order valence-corrected chi connectivity index (χ0v) is 9.95. The zero-order chi connectivity index (χ0) is 9.26. The molecule has 1 aromatic rings. The Balaban J connectivity index is 2.14. The minimum atomic E-state index is 0.628. The third-order valence-corrected chi connectivity index (χ3v) is 4.49. The Morgan fingerprint density at radius 2 is 2.15 bits per heavy atom. The van der Waals surface area contributed by atoms with E-state index in [-0.39, 0.29) is 0 Å². The van der Waals surface area contributed by atoms with Crippen molar-refractivity contribution >= 4 is 27.3 Å². The standard InChI is InChI=1S/C9H12BrNOS/c1-6-8(10)13-9(11-6)7-2-4-12-5-3-7/h7H,2-5H2,1H3. The van der Waals surface area contributed by atoms with Gasteiger partial charge < -0.3 is 4.74 Å². The fourth-order valence-electron chi connectivity index (χ4n) is 1.52. The molecule has 2 nitrogen and oxygen atoms in total. The van der Waals surface area contributed by atoms with E-state index >= 15 is 0 Å². The van der Waals surface area contributed by atoms with E-state index in [0.717, 1.165) is 31.7 Å². The summed E-state index contributed by atoms with van der Waals surface area (Å²) < 4.78 is 6.50. The molecule has 2 heterocycles. The van der Waals surface area contributed by atoms with Gasteiger partial charge in [0.25, 0.3) is 0 Å². The Hall–Kier alpha value is 0.0700. The third-order valence-electron chi connectivity index (χ3n) is 2.33. The first-order valence-electron chi connectivity index (χ1n) is 4.48. The molecule has 0 radical (unpaired) electrons. The van der Waals surface area contributed by atoms with Crippen molar-refractivity contribution in [2.24, 2.45) is 0 Å². The van der Waals surface area contributed by atoms with Crippen molar-refractivity contribution in [1.82, 2.24) is 4.98 Å². The number of aryl methyl sites for hydroxylation is 1. The molecular formula is C9H12BrNOS. The van der Waals surface area contributed by atoms with Gasteiger partial charge in [0.2, 0.25) is 0 Å². The molecule has 0 amide bonds. The number of aromatic nitrogens is 1. The number of thiazole rings is 1. The highest BCUT2D eigenvalue weighted by molar-refractivity contribution is 9.11. The molecule has 0 N–H and O–H groups in total. The normalized spacial score (nSPS) is 19.2. The van der Waals surface area contributed by atoms with E-state index in [9.17, 15) is 0 Å². The van der Waals surface area contributed by atoms with Crippen molar-refractivity contribution in [2.45, 2.75) is 25.7 Å². The fourth-order valence-corrected chi connectivity index (χ4v) is 3.06. The predicted octanol–water partition coefficient (Wildman–Crippen LogP) is 3.11. The molecule has 13 heavy (non-hydrogen) atoms. The molecule has 4 heteroatoms. The summed E-state index contributed by atoms with van der Waals surface area (Å²) in [5.74, 6) is 0.628. The van der Waals surface area contributed by atoms with E-state index in [2.05, 4.69) is 20.9 Å². The number of hydrogen-bond donors (Lipinski definition) is 0. The van der Waals surface area contributed by atoms with Crippen LogP contribution in [0, 0.1) is 6.92 Å². The molecule has 0 aromatic carbocycles. The van der Waals surface area contributed by atoms with Crippen molar-refractivity contribution in [2.75, 3.05) is 13.2 Å². The van der Waals surface area contributed by atoms with Crippen LogP contribution >= 0.6 is 27.3 Å². The molecule has 1 saturated heterocycles. The Morgan fingerprint density at radius 1 is 1.46 bits per heavy atom. The van der Waals surface area contributed by atoms with Crippen LogP contribution in [0.5, 0.6) is 0 Å². The van der Waals surface area contributed by atoms with Crippen molar-refractivity contribution in [1.29, 1.82) is 0 Å². The Kier molecular flexibility index (Phi) is 3.01. The second-order valence-corrected chi connectivity index (χ2v) is 5.65. The van der Waals surface area contributed by atoms with Crippen molar-refractivity contribution in [3.63, 3.8) is 0 Å². The summed E-state index contributed by atoms with van der Waals surface area (Å²) in [5.41, 5.74) is 1.12. The van der Waals surface area contributed by atoms with E-state index in [1.807, 2.05) is 6.92 Å². The highest BCUT2D eigenvalue weighted by Gasteiger charge is 2.19. The molecule has 1 fully saturated rings. The van der Waals surface area contributed by atoms with Crippen LogP contribution in [0.1, 0.15) is 29.5 Å². The predicted molar refractivity (Wildman–Crippen MR) is 57.3 cm³/mol. The maximum atomic E-state index is 5.32. The molecule has 0 saturated carbocycles. The van der Waals surface area contributed by atoms with Gasteiger partial charge in [-0.3, -0.25) is 0 Å². The highest BCUT2D eigenvalue weighted by Crippen LogP contribution is 2.33. The fraction of sp³-hybridized carbons (Fsp3) is 0.667. The van der Waals surface area contributed by atoms with Gasteiger partial charge in [-0.2, -0.15) is 0 Å². The molecule has 1 aromatic heterocycles. The number of hydrogen-bond acceptors (Lipinski definition) is 3. The molecule has 0 spiro atoms. The summed E-state index contributed by atoms with van der Waals surface area (Å²) in [6.45, 7) is 3.82. The van der Waals surface area contributed by atoms with Gasteiger partial charge >= 0.3 is 0 Å². The maximum Gasteiger partial charge on any atom is 0.0972 e. The quantitative estimate of drug-likeness (QED) is 0.775. The van der Waals surface area contributed by atoms with Crippen LogP contribution < -0.4 is 0 Å².